The van der Waals surface area contributed by atoms with Gasteiger partial charge in [-0.3, -0.25) is 0 Å². The average molecular weight is 866 g/mol. The van der Waals surface area contributed by atoms with Crippen LogP contribution in [0, 0.1) is 17.9 Å². The summed E-state index contributed by atoms with van der Waals surface area (Å²) in [6, 6.07) is 76.4. The van der Waals surface area contributed by atoms with Crippen LogP contribution in [0.2, 0.25) is 0 Å². The van der Waals surface area contributed by atoms with Gasteiger partial charge < -0.3 is 18.1 Å². The molecule has 68 heavy (non-hydrogen) atoms. The summed E-state index contributed by atoms with van der Waals surface area (Å²) in [5.74, 6) is 0. The van der Waals surface area contributed by atoms with Gasteiger partial charge in [0.1, 0.15) is 17.2 Å². The van der Waals surface area contributed by atoms with E-state index < -0.39 is 0 Å². The monoisotopic (exact) mass is 865 g/mol. The van der Waals surface area contributed by atoms with Crippen LogP contribution in [0.5, 0.6) is 0 Å². The van der Waals surface area contributed by atoms with E-state index in [0.29, 0.717) is 22.6 Å². The van der Waals surface area contributed by atoms with Gasteiger partial charge in [-0.05, 0) is 95.1 Å². The normalized spacial score (nSPS) is 11.8. The molecule has 6 nitrogen and oxygen atoms in total. The molecule has 0 amide bonds. The molecule has 0 aliphatic heterocycles. The van der Waals surface area contributed by atoms with Gasteiger partial charge in [-0.1, -0.05) is 140 Å². The van der Waals surface area contributed by atoms with Gasteiger partial charge in [-0.2, -0.15) is 5.26 Å². The number of fused-ring (bicyclic) bond motifs is 13. The molecule has 14 rings (SSSR count). The smallest absolute Gasteiger partial charge is 0.212 e. The highest BCUT2D eigenvalue weighted by Crippen LogP contribution is 2.47. The lowest BCUT2D eigenvalue weighted by molar-refractivity contribution is 0.673. The van der Waals surface area contributed by atoms with Crippen LogP contribution in [0.4, 0.5) is 5.69 Å². The Hall–Kier alpha value is -9.62. The summed E-state index contributed by atoms with van der Waals surface area (Å²) < 4.78 is 13.6. The Morgan fingerprint density at radius 1 is 0.397 bits per heavy atom. The van der Waals surface area contributed by atoms with Crippen molar-refractivity contribution in [1.29, 1.82) is 5.26 Å². The predicted molar refractivity (Wildman–Crippen MR) is 279 cm³/mol. The minimum Gasteiger partial charge on any atom is -0.455 e. The fraction of sp³-hybridized carbons (Fsp3) is 0. The van der Waals surface area contributed by atoms with Gasteiger partial charge in [0.15, 0.2) is 0 Å². The van der Waals surface area contributed by atoms with Crippen molar-refractivity contribution in [3.63, 3.8) is 0 Å². The van der Waals surface area contributed by atoms with Crippen molar-refractivity contribution in [2.75, 3.05) is 0 Å². The van der Waals surface area contributed by atoms with Crippen molar-refractivity contribution in [2.24, 2.45) is 0 Å². The van der Waals surface area contributed by atoms with E-state index in [4.69, 9.17) is 11.0 Å². The second-order valence-electron chi connectivity index (χ2n) is 17.4. The molecule has 10 aromatic carbocycles. The number of hydrogen-bond acceptors (Lipinski definition) is 2. The Morgan fingerprint density at radius 2 is 0.926 bits per heavy atom. The Labute approximate surface area is 389 Å². The minimum atomic E-state index is 0.422. The third-order valence-electron chi connectivity index (χ3n) is 13.9. The van der Waals surface area contributed by atoms with Crippen LogP contribution in [0.1, 0.15) is 5.56 Å². The molecule has 0 aliphatic carbocycles. The van der Waals surface area contributed by atoms with Crippen LogP contribution < -0.4 is 0 Å². The third-order valence-corrected chi connectivity index (χ3v) is 13.9. The molecule has 0 fully saturated rings. The van der Waals surface area contributed by atoms with Crippen LogP contribution in [0.3, 0.4) is 0 Å². The maximum Gasteiger partial charge on any atom is 0.212 e. The lowest BCUT2D eigenvalue weighted by Gasteiger charge is -2.20. The molecule has 0 aliphatic rings. The van der Waals surface area contributed by atoms with E-state index in [1.54, 1.807) is 12.1 Å². The van der Waals surface area contributed by atoms with E-state index in [1.807, 2.05) is 30.3 Å². The molecule has 4 heterocycles. The molecule has 0 N–H and O–H groups in total. The summed E-state index contributed by atoms with van der Waals surface area (Å²) in [4.78, 5) is 4.26. The van der Waals surface area contributed by atoms with E-state index >= 15 is 0 Å². The van der Waals surface area contributed by atoms with E-state index in [1.165, 1.54) is 10.8 Å². The van der Waals surface area contributed by atoms with Crippen LogP contribution in [-0.2, 0) is 0 Å². The fourth-order valence-electron chi connectivity index (χ4n) is 10.9. The summed E-state index contributed by atoms with van der Waals surface area (Å²) in [6.07, 6.45) is 0. The molecule has 4 aromatic heterocycles. The average Bonchev–Trinajstić information content (AvgIpc) is 4.14. The second kappa shape index (κ2) is 14.4. The summed E-state index contributed by atoms with van der Waals surface area (Å²) in [5.41, 5.74) is 15.0. The number of benzene rings is 10. The lowest BCUT2D eigenvalue weighted by Crippen LogP contribution is -2.06. The highest BCUT2D eigenvalue weighted by Gasteiger charge is 2.27. The maximum atomic E-state index is 11.2. The molecule has 6 heteroatoms. The first-order chi connectivity index (χ1) is 33.7. The Morgan fingerprint density at radius 3 is 1.56 bits per heavy atom. The molecular weight excluding hydrogens is 831 g/mol. The lowest BCUT2D eigenvalue weighted by atomic mass is 10.0. The van der Waals surface area contributed by atoms with Gasteiger partial charge >= 0.3 is 0 Å². The fourth-order valence-corrected chi connectivity index (χ4v) is 10.9. The van der Waals surface area contributed by atoms with Crippen molar-refractivity contribution in [3.8, 4) is 45.4 Å². The minimum absolute atomic E-state index is 0.422. The molecule has 0 radical (unpaired) electrons. The predicted octanol–water partition coefficient (Wildman–Crippen LogP) is 16.6. The first-order valence-electron chi connectivity index (χ1n) is 22.7. The van der Waals surface area contributed by atoms with Gasteiger partial charge in [-0.15, -0.1) is 0 Å². The van der Waals surface area contributed by atoms with Gasteiger partial charge in [0.25, 0.3) is 0 Å². The van der Waals surface area contributed by atoms with Crippen LogP contribution in [-0.4, -0.2) is 13.7 Å². The number of nitrogens with zero attached hydrogens (tertiary/aromatic N) is 5. The van der Waals surface area contributed by atoms with Gasteiger partial charge in [0.2, 0.25) is 5.69 Å². The zero-order chi connectivity index (χ0) is 45.0. The van der Waals surface area contributed by atoms with Crippen LogP contribution >= 0.6 is 0 Å². The van der Waals surface area contributed by atoms with Crippen molar-refractivity contribution in [1.82, 2.24) is 13.7 Å². The number of aromatic nitrogens is 3. The molecule has 314 valence electrons. The number of para-hydroxylation sites is 3. The van der Waals surface area contributed by atoms with E-state index in [-0.39, 0.29) is 0 Å². The van der Waals surface area contributed by atoms with Crippen molar-refractivity contribution >= 4 is 93.0 Å². The number of nitriles is 1. The molecular formula is C62H35N5O. The standard InChI is InChI=1S/C62H35N5O/c1-64-51-29-24-42(37-63)60(66-54-30-25-40(38-14-4-2-5-15-38)34-48(54)49-35-41(26-31-55(49)66)39-16-6-3-7-17-39)61(51)67-56-32-27-43(65-52-21-11-8-18-44(52)45-19-9-12-22-53(45)65)36-50(56)59-57(67)33-28-47-46-20-10-13-23-58(46)68-62(47)59/h2-36H. The molecule has 0 atom stereocenters. The zero-order valence-corrected chi connectivity index (χ0v) is 36.4. The number of rotatable bonds is 5. The number of furan rings is 1. The quantitative estimate of drug-likeness (QED) is 0.162. The molecule has 0 unspecified atom stereocenters. The van der Waals surface area contributed by atoms with Crippen molar-refractivity contribution in [2.45, 2.75) is 0 Å². The summed E-state index contributed by atoms with van der Waals surface area (Å²) in [7, 11) is 0. The highest BCUT2D eigenvalue weighted by atomic mass is 16.3. The summed E-state index contributed by atoms with van der Waals surface area (Å²) >= 11 is 0. The molecule has 0 spiro atoms. The van der Waals surface area contributed by atoms with Gasteiger partial charge in [0, 0.05) is 43.4 Å². The SMILES string of the molecule is [C-]#[N+]c1ccc(C#N)c(-n2c3ccc(-c4ccccc4)cc3c3cc(-c4ccccc4)ccc32)c1-n1c2ccc(-n3c4ccccc4c4ccccc43)cc2c2c3oc4ccccc4c3ccc21. The zero-order valence-electron chi connectivity index (χ0n) is 36.4. The third kappa shape index (κ3) is 5.31. The molecule has 0 saturated carbocycles. The molecule has 0 bridgehead atoms. The summed E-state index contributed by atoms with van der Waals surface area (Å²) in [5, 5.41) is 19.6. The van der Waals surface area contributed by atoms with Crippen molar-refractivity contribution in [3.05, 3.63) is 229 Å². The Kier molecular flexibility index (Phi) is 8.01. The summed E-state index contributed by atoms with van der Waals surface area (Å²) in [6.45, 7) is 8.81. The number of hydrogen-bond donors (Lipinski definition) is 0. The van der Waals surface area contributed by atoms with E-state index in [9.17, 15) is 5.26 Å². The first-order valence-corrected chi connectivity index (χ1v) is 22.7. The highest BCUT2D eigenvalue weighted by molar-refractivity contribution is 6.25. The maximum absolute atomic E-state index is 11.2. The second-order valence-corrected chi connectivity index (χ2v) is 17.4. The van der Waals surface area contributed by atoms with E-state index in [0.717, 1.165) is 105 Å². The largest absolute Gasteiger partial charge is 0.455 e. The topological polar surface area (TPSA) is 56.1 Å². The molecule has 0 saturated heterocycles. The van der Waals surface area contributed by atoms with Crippen LogP contribution in [0.25, 0.3) is 132 Å². The molecule has 14 aromatic rings. The Bertz CT molecular complexity index is 4360. The van der Waals surface area contributed by atoms with Gasteiger partial charge in [0.05, 0.1) is 62.0 Å². The van der Waals surface area contributed by atoms with Gasteiger partial charge in [-0.25, -0.2) is 4.85 Å². The van der Waals surface area contributed by atoms with Crippen molar-refractivity contribution < 1.29 is 4.42 Å². The van der Waals surface area contributed by atoms with E-state index in [2.05, 4.69) is 194 Å². The van der Waals surface area contributed by atoms with Crippen LogP contribution in [0.15, 0.2) is 217 Å². The first kappa shape index (κ1) is 37.7. The Balaban J connectivity index is 1.12.